The van der Waals surface area contributed by atoms with Crippen LogP contribution in [0.5, 0.6) is 0 Å². The Morgan fingerprint density at radius 1 is 1.10 bits per heavy atom. The lowest BCUT2D eigenvalue weighted by molar-refractivity contribution is 0.0931. The summed E-state index contributed by atoms with van der Waals surface area (Å²) < 4.78 is 13.1. The molecule has 0 unspecified atom stereocenters. The average molecular weight is 405 g/mol. The quantitative estimate of drug-likeness (QED) is 0.670. The number of hydrogen-bond donors (Lipinski definition) is 2. The van der Waals surface area contributed by atoms with Gasteiger partial charge in [-0.1, -0.05) is 17.7 Å². The van der Waals surface area contributed by atoms with Crippen molar-refractivity contribution in [2.24, 2.45) is 0 Å². The molecule has 3 aromatic rings. The van der Waals surface area contributed by atoms with E-state index in [2.05, 4.69) is 25.5 Å². The lowest BCUT2D eigenvalue weighted by Crippen LogP contribution is -2.45. The van der Waals surface area contributed by atoms with Crippen LogP contribution in [0.3, 0.4) is 0 Å². The van der Waals surface area contributed by atoms with Crippen molar-refractivity contribution in [2.45, 2.75) is 25.8 Å². The van der Waals surface area contributed by atoms with Gasteiger partial charge in [0.15, 0.2) is 0 Å². The van der Waals surface area contributed by atoms with E-state index in [0.717, 1.165) is 37.2 Å². The Balaban J connectivity index is 1.33. The largest absolute Gasteiger partial charge is 0.349 e. The summed E-state index contributed by atoms with van der Waals surface area (Å²) in [5.41, 5.74) is 2.53. The van der Waals surface area contributed by atoms with Crippen LogP contribution in [0.15, 0.2) is 60.8 Å². The minimum atomic E-state index is -0.277. The van der Waals surface area contributed by atoms with E-state index in [9.17, 15) is 9.18 Å². The van der Waals surface area contributed by atoms with Crippen LogP contribution >= 0.6 is 0 Å². The fourth-order valence-electron chi connectivity index (χ4n) is 3.53. The van der Waals surface area contributed by atoms with Crippen molar-refractivity contribution >= 4 is 23.4 Å². The normalized spacial score (nSPS) is 14.4. The standard InChI is InChI=1S/C23H24FN5O/c1-16-3-2-4-17(15-16)22(30)27-20-10-13-29(14-11-20)23-25-12-9-21(28-23)26-19-7-5-18(24)6-8-19/h2-9,12,15,20H,10-11,13-14H2,1H3,(H,27,30)(H,25,26,28). The number of aryl methyl sites for hydroxylation is 1. The maximum absolute atomic E-state index is 13.1. The van der Waals surface area contributed by atoms with E-state index in [1.807, 2.05) is 31.2 Å². The summed E-state index contributed by atoms with van der Waals surface area (Å²) in [6, 6.07) is 15.7. The van der Waals surface area contributed by atoms with Gasteiger partial charge in [0.05, 0.1) is 0 Å². The molecule has 4 rings (SSSR count). The molecule has 0 atom stereocenters. The molecule has 6 nitrogen and oxygen atoms in total. The average Bonchev–Trinajstić information content (AvgIpc) is 2.76. The van der Waals surface area contributed by atoms with Crippen LogP contribution in [0.2, 0.25) is 0 Å². The molecule has 0 radical (unpaired) electrons. The number of carbonyl (C=O) groups excluding carboxylic acids is 1. The van der Waals surface area contributed by atoms with Gasteiger partial charge in [-0.05, 0) is 62.2 Å². The zero-order chi connectivity index (χ0) is 20.9. The molecule has 1 amide bonds. The van der Waals surface area contributed by atoms with Crippen LogP contribution in [0.1, 0.15) is 28.8 Å². The molecule has 154 valence electrons. The molecule has 2 N–H and O–H groups in total. The van der Waals surface area contributed by atoms with Crippen LogP contribution in [0.25, 0.3) is 0 Å². The molecule has 0 spiro atoms. The molecule has 1 aliphatic rings. The second kappa shape index (κ2) is 8.90. The van der Waals surface area contributed by atoms with E-state index >= 15 is 0 Å². The lowest BCUT2D eigenvalue weighted by atomic mass is 10.0. The van der Waals surface area contributed by atoms with Crippen molar-refractivity contribution in [3.63, 3.8) is 0 Å². The molecule has 2 heterocycles. The fourth-order valence-corrected chi connectivity index (χ4v) is 3.53. The second-order valence-corrected chi connectivity index (χ2v) is 7.48. The maximum Gasteiger partial charge on any atom is 0.251 e. The van der Waals surface area contributed by atoms with Crippen LogP contribution in [0.4, 0.5) is 21.8 Å². The highest BCUT2D eigenvalue weighted by atomic mass is 19.1. The van der Waals surface area contributed by atoms with Crippen LogP contribution in [0, 0.1) is 12.7 Å². The number of rotatable bonds is 5. The van der Waals surface area contributed by atoms with E-state index in [4.69, 9.17) is 0 Å². The van der Waals surface area contributed by atoms with E-state index < -0.39 is 0 Å². The Hall–Kier alpha value is -3.48. The van der Waals surface area contributed by atoms with Crippen molar-refractivity contribution in [2.75, 3.05) is 23.3 Å². The summed E-state index contributed by atoms with van der Waals surface area (Å²) in [4.78, 5) is 23.6. The number of benzene rings is 2. The fraction of sp³-hybridized carbons (Fsp3) is 0.261. The van der Waals surface area contributed by atoms with Crippen molar-refractivity contribution in [3.05, 3.63) is 77.7 Å². The van der Waals surface area contributed by atoms with E-state index in [0.29, 0.717) is 17.3 Å². The maximum atomic E-state index is 13.1. The zero-order valence-corrected chi connectivity index (χ0v) is 16.8. The third kappa shape index (κ3) is 4.92. The summed E-state index contributed by atoms with van der Waals surface area (Å²) in [6.45, 7) is 3.51. The van der Waals surface area contributed by atoms with E-state index in [1.165, 1.54) is 12.1 Å². The Labute approximate surface area is 175 Å². The number of halogens is 1. The van der Waals surface area contributed by atoms with Gasteiger partial charge in [0.2, 0.25) is 5.95 Å². The SMILES string of the molecule is Cc1cccc(C(=O)NC2CCN(c3nccc(Nc4ccc(F)cc4)n3)CC2)c1. The van der Waals surface area contributed by atoms with E-state index in [1.54, 1.807) is 24.4 Å². The first-order valence-electron chi connectivity index (χ1n) is 10.0. The van der Waals surface area contributed by atoms with E-state index in [-0.39, 0.29) is 17.8 Å². The predicted molar refractivity (Wildman–Crippen MR) is 116 cm³/mol. The number of nitrogens with zero attached hydrogens (tertiary/aromatic N) is 3. The monoisotopic (exact) mass is 405 g/mol. The summed E-state index contributed by atoms with van der Waals surface area (Å²) in [7, 11) is 0. The minimum Gasteiger partial charge on any atom is -0.349 e. The zero-order valence-electron chi connectivity index (χ0n) is 16.8. The third-order valence-electron chi connectivity index (χ3n) is 5.15. The summed E-state index contributed by atoms with van der Waals surface area (Å²) in [6.07, 6.45) is 3.37. The number of aromatic nitrogens is 2. The highest BCUT2D eigenvalue weighted by Gasteiger charge is 2.23. The molecule has 7 heteroatoms. The molecule has 0 bridgehead atoms. The molecule has 30 heavy (non-hydrogen) atoms. The van der Waals surface area contributed by atoms with Gasteiger partial charge < -0.3 is 15.5 Å². The highest BCUT2D eigenvalue weighted by molar-refractivity contribution is 5.94. The molecular formula is C23H24FN5O. The first-order valence-corrected chi connectivity index (χ1v) is 10.0. The highest BCUT2D eigenvalue weighted by Crippen LogP contribution is 2.20. The molecule has 2 aromatic carbocycles. The van der Waals surface area contributed by atoms with Gasteiger partial charge in [-0.25, -0.2) is 9.37 Å². The van der Waals surface area contributed by atoms with Gasteiger partial charge in [-0.15, -0.1) is 0 Å². The van der Waals surface area contributed by atoms with Gasteiger partial charge in [0.1, 0.15) is 11.6 Å². The molecular weight excluding hydrogens is 381 g/mol. The number of carbonyl (C=O) groups is 1. The summed E-state index contributed by atoms with van der Waals surface area (Å²) >= 11 is 0. The van der Waals surface area contributed by atoms with Crippen LogP contribution in [-0.2, 0) is 0 Å². The van der Waals surface area contributed by atoms with Crippen LogP contribution < -0.4 is 15.5 Å². The molecule has 1 saturated heterocycles. The third-order valence-corrected chi connectivity index (χ3v) is 5.15. The molecule has 1 aromatic heterocycles. The minimum absolute atomic E-state index is 0.0288. The Bertz CT molecular complexity index is 1020. The number of piperidine rings is 1. The van der Waals surface area contributed by atoms with Gasteiger partial charge in [0, 0.05) is 36.6 Å². The smallest absolute Gasteiger partial charge is 0.251 e. The molecule has 1 aliphatic heterocycles. The Morgan fingerprint density at radius 2 is 1.87 bits per heavy atom. The van der Waals surface area contributed by atoms with Crippen molar-refractivity contribution < 1.29 is 9.18 Å². The summed E-state index contributed by atoms with van der Waals surface area (Å²) in [5.74, 6) is 0.993. The van der Waals surface area contributed by atoms with Crippen LogP contribution in [-0.4, -0.2) is 35.0 Å². The molecule has 1 fully saturated rings. The van der Waals surface area contributed by atoms with Crippen molar-refractivity contribution in [1.82, 2.24) is 15.3 Å². The Kier molecular flexibility index (Phi) is 5.88. The molecule has 0 aliphatic carbocycles. The van der Waals surface area contributed by atoms with Crippen molar-refractivity contribution in [1.29, 1.82) is 0 Å². The molecule has 0 saturated carbocycles. The first-order chi connectivity index (χ1) is 14.6. The number of hydrogen-bond acceptors (Lipinski definition) is 5. The number of amides is 1. The number of nitrogens with one attached hydrogen (secondary N) is 2. The predicted octanol–water partition coefficient (Wildman–Crippen LogP) is 4.07. The first kappa shape index (κ1) is 19.8. The van der Waals surface area contributed by atoms with Gasteiger partial charge in [0.25, 0.3) is 5.91 Å². The lowest BCUT2D eigenvalue weighted by Gasteiger charge is -2.32. The number of anilines is 3. The van der Waals surface area contributed by atoms with Gasteiger partial charge in [-0.3, -0.25) is 4.79 Å². The van der Waals surface area contributed by atoms with Gasteiger partial charge in [-0.2, -0.15) is 4.98 Å². The second-order valence-electron chi connectivity index (χ2n) is 7.48. The summed E-state index contributed by atoms with van der Waals surface area (Å²) in [5, 5.41) is 6.30. The topological polar surface area (TPSA) is 70.2 Å². The van der Waals surface area contributed by atoms with Crippen molar-refractivity contribution in [3.8, 4) is 0 Å². The van der Waals surface area contributed by atoms with Gasteiger partial charge >= 0.3 is 0 Å². The Morgan fingerprint density at radius 3 is 2.60 bits per heavy atom.